The zero-order valence-electron chi connectivity index (χ0n) is 15.2. The van der Waals surface area contributed by atoms with Crippen molar-refractivity contribution in [3.63, 3.8) is 0 Å². The number of nitriles is 1. The zero-order valence-corrected chi connectivity index (χ0v) is 15.2. The number of halogens is 3. The van der Waals surface area contributed by atoms with E-state index in [1.807, 2.05) is 0 Å². The zero-order chi connectivity index (χ0) is 21.0. The molecule has 0 radical (unpaired) electrons. The number of hydrogen-bond acceptors (Lipinski definition) is 5. The molecule has 3 rings (SSSR count). The normalized spacial score (nSPS) is 11.7. The summed E-state index contributed by atoms with van der Waals surface area (Å²) in [5.41, 5.74) is 0.784. The van der Waals surface area contributed by atoms with Crippen LogP contribution in [0.25, 0.3) is 11.4 Å². The van der Waals surface area contributed by atoms with Crippen LogP contribution in [0.1, 0.15) is 29.5 Å². The second-order valence-electron chi connectivity index (χ2n) is 6.27. The molecule has 1 unspecified atom stereocenters. The Morgan fingerprint density at radius 3 is 2.69 bits per heavy atom. The minimum Gasteiger partial charge on any atom is -0.339 e. The van der Waals surface area contributed by atoms with Crippen molar-refractivity contribution in [1.29, 1.82) is 5.26 Å². The SMILES string of the molecule is Cc1ccc(-c2noc(CCC(=O)NC(C#N)c3ccc(F)cc3F)n2)cc1F. The summed E-state index contributed by atoms with van der Waals surface area (Å²) in [5.74, 6) is -2.33. The van der Waals surface area contributed by atoms with Gasteiger partial charge in [-0.05, 0) is 24.6 Å². The largest absolute Gasteiger partial charge is 0.339 e. The van der Waals surface area contributed by atoms with Crippen LogP contribution in [-0.2, 0) is 11.2 Å². The van der Waals surface area contributed by atoms with Crippen molar-refractivity contribution in [2.45, 2.75) is 25.8 Å². The number of aromatic nitrogens is 2. The van der Waals surface area contributed by atoms with E-state index in [1.54, 1.807) is 25.1 Å². The van der Waals surface area contributed by atoms with Gasteiger partial charge >= 0.3 is 0 Å². The molecular weight excluding hydrogens is 385 g/mol. The van der Waals surface area contributed by atoms with Crippen LogP contribution in [0.2, 0.25) is 0 Å². The van der Waals surface area contributed by atoms with Gasteiger partial charge in [-0.1, -0.05) is 23.4 Å². The standard InChI is InChI=1S/C20H15F3N4O2/c1-11-2-3-12(8-15(11)22)20-26-19(29-27-20)7-6-18(28)25-17(10-24)14-5-4-13(21)9-16(14)23/h2-5,8-9,17H,6-7H2,1H3,(H,25,28). The monoisotopic (exact) mass is 400 g/mol. The fourth-order valence-corrected chi connectivity index (χ4v) is 2.57. The maximum Gasteiger partial charge on any atom is 0.227 e. The molecule has 1 atom stereocenters. The summed E-state index contributed by atoms with van der Waals surface area (Å²) >= 11 is 0. The summed E-state index contributed by atoms with van der Waals surface area (Å²) in [6.45, 7) is 1.63. The summed E-state index contributed by atoms with van der Waals surface area (Å²) in [5, 5.41) is 15.3. The minimum atomic E-state index is -1.27. The molecule has 1 aromatic heterocycles. The van der Waals surface area contributed by atoms with Crippen molar-refractivity contribution in [2.24, 2.45) is 0 Å². The van der Waals surface area contributed by atoms with Gasteiger partial charge in [0.05, 0.1) is 6.07 Å². The lowest BCUT2D eigenvalue weighted by molar-refractivity contribution is -0.121. The van der Waals surface area contributed by atoms with E-state index in [2.05, 4.69) is 15.5 Å². The van der Waals surface area contributed by atoms with Gasteiger partial charge in [-0.25, -0.2) is 13.2 Å². The first-order valence-electron chi connectivity index (χ1n) is 8.60. The molecule has 0 fully saturated rings. The summed E-state index contributed by atoms with van der Waals surface area (Å²) < 4.78 is 45.5. The van der Waals surface area contributed by atoms with Crippen LogP contribution >= 0.6 is 0 Å². The first-order chi connectivity index (χ1) is 13.9. The van der Waals surface area contributed by atoms with E-state index in [1.165, 1.54) is 6.07 Å². The van der Waals surface area contributed by atoms with Crippen molar-refractivity contribution in [2.75, 3.05) is 0 Å². The first kappa shape index (κ1) is 20.1. The number of amides is 1. The van der Waals surface area contributed by atoms with Gasteiger partial charge in [0.2, 0.25) is 17.6 Å². The highest BCUT2D eigenvalue weighted by atomic mass is 19.1. The predicted molar refractivity (Wildman–Crippen MR) is 95.6 cm³/mol. The fraction of sp³-hybridized carbons (Fsp3) is 0.200. The fourth-order valence-electron chi connectivity index (χ4n) is 2.57. The maximum atomic E-state index is 13.8. The van der Waals surface area contributed by atoms with E-state index in [-0.39, 0.29) is 30.1 Å². The van der Waals surface area contributed by atoms with Gasteiger partial charge in [-0.15, -0.1) is 0 Å². The summed E-state index contributed by atoms with van der Waals surface area (Å²) in [7, 11) is 0. The Bertz CT molecular complexity index is 1090. The topological polar surface area (TPSA) is 91.8 Å². The van der Waals surface area contributed by atoms with Crippen LogP contribution in [-0.4, -0.2) is 16.0 Å². The number of rotatable bonds is 6. The molecule has 0 aliphatic carbocycles. The Labute approximate surface area is 164 Å². The van der Waals surface area contributed by atoms with Gasteiger partial charge in [-0.2, -0.15) is 10.2 Å². The van der Waals surface area contributed by atoms with Gasteiger partial charge < -0.3 is 9.84 Å². The third-order valence-corrected chi connectivity index (χ3v) is 4.17. The number of hydrogen-bond donors (Lipinski definition) is 1. The summed E-state index contributed by atoms with van der Waals surface area (Å²) in [6, 6.07) is 7.76. The van der Waals surface area contributed by atoms with Gasteiger partial charge in [-0.3, -0.25) is 4.79 Å². The molecule has 148 valence electrons. The van der Waals surface area contributed by atoms with E-state index in [0.717, 1.165) is 12.1 Å². The second kappa shape index (κ2) is 8.56. The summed E-state index contributed by atoms with van der Waals surface area (Å²) in [4.78, 5) is 16.2. The molecule has 0 bridgehead atoms. The molecule has 6 nitrogen and oxygen atoms in total. The van der Waals surface area contributed by atoms with Crippen LogP contribution in [0, 0.1) is 35.7 Å². The molecule has 0 saturated heterocycles. The number of nitrogens with zero attached hydrogens (tertiary/aromatic N) is 3. The average molecular weight is 400 g/mol. The minimum absolute atomic E-state index is 0.0667. The lowest BCUT2D eigenvalue weighted by Crippen LogP contribution is -2.28. The molecule has 1 N–H and O–H groups in total. The van der Waals surface area contributed by atoms with Gasteiger partial charge in [0, 0.05) is 30.0 Å². The van der Waals surface area contributed by atoms with Crippen LogP contribution in [0.15, 0.2) is 40.9 Å². The summed E-state index contributed by atoms with van der Waals surface area (Å²) in [6.07, 6.45) is -0.0396. The second-order valence-corrected chi connectivity index (χ2v) is 6.27. The molecule has 1 amide bonds. The first-order valence-corrected chi connectivity index (χ1v) is 8.60. The number of benzene rings is 2. The van der Waals surface area contributed by atoms with E-state index in [9.17, 15) is 23.2 Å². The molecule has 0 saturated carbocycles. The van der Waals surface area contributed by atoms with Crippen LogP contribution in [0.5, 0.6) is 0 Å². The Balaban J connectivity index is 1.61. The lowest BCUT2D eigenvalue weighted by atomic mass is 10.1. The quantitative estimate of drug-likeness (QED) is 0.680. The highest BCUT2D eigenvalue weighted by molar-refractivity contribution is 5.77. The smallest absolute Gasteiger partial charge is 0.227 e. The van der Waals surface area contributed by atoms with Gasteiger partial charge in [0.15, 0.2) is 0 Å². The van der Waals surface area contributed by atoms with Crippen molar-refractivity contribution in [3.05, 3.63) is 70.9 Å². The molecule has 29 heavy (non-hydrogen) atoms. The highest BCUT2D eigenvalue weighted by Crippen LogP contribution is 2.20. The Kier molecular flexibility index (Phi) is 5.93. The Morgan fingerprint density at radius 2 is 2.00 bits per heavy atom. The van der Waals surface area contributed by atoms with Gasteiger partial charge in [0.25, 0.3) is 0 Å². The lowest BCUT2D eigenvalue weighted by Gasteiger charge is -2.12. The number of aryl methyl sites for hydroxylation is 2. The van der Waals surface area contributed by atoms with E-state index < -0.39 is 29.4 Å². The van der Waals surface area contributed by atoms with Crippen molar-refractivity contribution < 1.29 is 22.5 Å². The molecule has 1 heterocycles. The number of carbonyl (C=O) groups excluding carboxylic acids is 1. The molecule has 3 aromatic rings. The van der Waals surface area contributed by atoms with Crippen molar-refractivity contribution in [3.8, 4) is 17.5 Å². The Hall–Kier alpha value is -3.67. The van der Waals surface area contributed by atoms with E-state index >= 15 is 0 Å². The predicted octanol–water partition coefficient (Wildman–Crippen LogP) is 3.78. The molecule has 0 aliphatic heterocycles. The maximum absolute atomic E-state index is 13.8. The van der Waals surface area contributed by atoms with Crippen LogP contribution in [0.3, 0.4) is 0 Å². The van der Waals surface area contributed by atoms with Crippen molar-refractivity contribution >= 4 is 5.91 Å². The number of carbonyl (C=O) groups is 1. The highest BCUT2D eigenvalue weighted by Gasteiger charge is 2.19. The van der Waals surface area contributed by atoms with Crippen molar-refractivity contribution in [1.82, 2.24) is 15.5 Å². The Morgan fingerprint density at radius 1 is 1.21 bits per heavy atom. The molecule has 0 spiro atoms. The van der Waals surface area contributed by atoms with E-state index in [0.29, 0.717) is 17.2 Å². The molecule has 2 aromatic carbocycles. The average Bonchev–Trinajstić information content (AvgIpc) is 3.16. The van der Waals surface area contributed by atoms with Gasteiger partial charge in [0.1, 0.15) is 23.5 Å². The van der Waals surface area contributed by atoms with Crippen LogP contribution < -0.4 is 5.32 Å². The van der Waals surface area contributed by atoms with Crippen LogP contribution in [0.4, 0.5) is 13.2 Å². The molecule has 0 aliphatic rings. The molecular formula is C20H15F3N4O2. The van der Waals surface area contributed by atoms with E-state index in [4.69, 9.17) is 4.52 Å². The molecule has 9 heteroatoms. The number of nitrogens with one attached hydrogen (secondary N) is 1. The third-order valence-electron chi connectivity index (χ3n) is 4.17. The third kappa shape index (κ3) is 4.79.